The number of halogens is 1. The van der Waals surface area contributed by atoms with Gasteiger partial charge in [0.25, 0.3) is 15.9 Å². The largest absolute Gasteiger partial charge is 0.495 e. The molecule has 2 heterocycles. The highest BCUT2D eigenvalue weighted by molar-refractivity contribution is 7.92. The van der Waals surface area contributed by atoms with Crippen LogP contribution >= 0.6 is 11.6 Å². The molecule has 0 saturated carbocycles. The average molecular weight is 437 g/mol. The molecule has 1 amide bonds. The normalized spacial score (nSPS) is 18.6. The fourth-order valence-corrected chi connectivity index (χ4v) is 5.17. The Balaban J connectivity index is 1.62. The van der Waals surface area contributed by atoms with Crippen molar-refractivity contribution in [2.45, 2.75) is 30.3 Å². The van der Waals surface area contributed by atoms with Crippen molar-refractivity contribution in [1.82, 2.24) is 0 Å². The molecule has 0 bridgehead atoms. The van der Waals surface area contributed by atoms with E-state index in [1.54, 1.807) is 23.1 Å². The molecule has 1 atom stereocenters. The second kappa shape index (κ2) is 7.85. The highest BCUT2D eigenvalue weighted by Gasteiger charge is 2.33. The Hall–Kier alpha value is -2.29. The van der Waals surface area contributed by atoms with Crippen LogP contribution in [0.15, 0.2) is 41.3 Å². The van der Waals surface area contributed by atoms with Crippen LogP contribution in [-0.2, 0) is 26.0 Å². The standard InChI is InChI=1S/C20H21ClN2O5S/c1-27-17-7-5-14(21)11-19(17)29(25,26)22-15-6-4-13-8-9-23(16(13)12-15)20(24)18-3-2-10-28-18/h4-7,11-12,18,22H,2-3,8-10H2,1H3/t18-/m1/s1. The van der Waals surface area contributed by atoms with Gasteiger partial charge < -0.3 is 14.4 Å². The van der Waals surface area contributed by atoms with Gasteiger partial charge in [-0.2, -0.15) is 0 Å². The van der Waals surface area contributed by atoms with Crippen LogP contribution in [0.25, 0.3) is 0 Å². The third-order valence-electron chi connectivity index (χ3n) is 5.12. The van der Waals surface area contributed by atoms with Crippen LogP contribution in [0, 0.1) is 0 Å². The Morgan fingerprint density at radius 2 is 2.10 bits per heavy atom. The molecular formula is C20H21ClN2O5S. The van der Waals surface area contributed by atoms with Crippen LogP contribution in [0.2, 0.25) is 5.02 Å². The predicted molar refractivity (Wildman–Crippen MR) is 110 cm³/mol. The number of carbonyl (C=O) groups is 1. The first kappa shape index (κ1) is 20.0. The average Bonchev–Trinajstić information content (AvgIpc) is 3.37. The van der Waals surface area contributed by atoms with Gasteiger partial charge in [0.05, 0.1) is 12.8 Å². The van der Waals surface area contributed by atoms with Gasteiger partial charge in [0.2, 0.25) is 0 Å². The maximum Gasteiger partial charge on any atom is 0.265 e. The van der Waals surface area contributed by atoms with Crippen molar-refractivity contribution in [3.63, 3.8) is 0 Å². The summed E-state index contributed by atoms with van der Waals surface area (Å²) in [5.41, 5.74) is 2.07. The minimum absolute atomic E-state index is 0.0553. The summed E-state index contributed by atoms with van der Waals surface area (Å²) in [5, 5.41) is 0.286. The van der Waals surface area contributed by atoms with Gasteiger partial charge >= 0.3 is 0 Å². The molecule has 7 nitrogen and oxygen atoms in total. The number of ether oxygens (including phenoxy) is 2. The van der Waals surface area contributed by atoms with Crippen LogP contribution in [0.3, 0.4) is 0 Å². The third-order valence-corrected chi connectivity index (χ3v) is 6.76. The zero-order valence-corrected chi connectivity index (χ0v) is 17.4. The number of sulfonamides is 1. The highest BCUT2D eigenvalue weighted by Crippen LogP contribution is 2.34. The summed E-state index contributed by atoms with van der Waals surface area (Å²) < 4.78 is 39.1. The molecule has 29 heavy (non-hydrogen) atoms. The molecule has 0 aromatic heterocycles. The lowest BCUT2D eigenvalue weighted by Gasteiger charge is -2.21. The van der Waals surface area contributed by atoms with Gasteiger partial charge in [-0.1, -0.05) is 17.7 Å². The third kappa shape index (κ3) is 3.92. The molecule has 9 heteroatoms. The fraction of sp³-hybridized carbons (Fsp3) is 0.350. The van der Waals surface area contributed by atoms with E-state index < -0.39 is 16.1 Å². The minimum atomic E-state index is -3.94. The smallest absolute Gasteiger partial charge is 0.265 e. The maximum absolute atomic E-state index is 12.9. The Bertz CT molecular complexity index is 1050. The van der Waals surface area contributed by atoms with E-state index in [1.165, 1.54) is 19.2 Å². The van der Waals surface area contributed by atoms with Crippen molar-refractivity contribution in [2.75, 3.05) is 29.9 Å². The number of nitrogens with one attached hydrogen (secondary N) is 1. The number of anilines is 2. The summed E-state index contributed by atoms with van der Waals surface area (Å²) in [6, 6.07) is 9.61. The van der Waals surface area contributed by atoms with Crippen molar-refractivity contribution in [1.29, 1.82) is 0 Å². The SMILES string of the molecule is COc1ccc(Cl)cc1S(=O)(=O)Nc1ccc2c(c1)N(C(=O)[C@H]1CCCO1)CC2. The van der Waals surface area contributed by atoms with E-state index in [0.29, 0.717) is 30.9 Å². The monoisotopic (exact) mass is 436 g/mol. The van der Waals surface area contributed by atoms with Gasteiger partial charge in [-0.15, -0.1) is 0 Å². The Labute approximate surface area is 174 Å². The molecule has 0 spiro atoms. The van der Waals surface area contributed by atoms with E-state index >= 15 is 0 Å². The molecule has 154 valence electrons. The molecule has 4 rings (SSSR count). The van der Waals surface area contributed by atoms with E-state index in [-0.39, 0.29) is 21.6 Å². The van der Waals surface area contributed by atoms with Crippen LogP contribution in [0.1, 0.15) is 18.4 Å². The summed E-state index contributed by atoms with van der Waals surface area (Å²) in [7, 11) is -2.54. The van der Waals surface area contributed by atoms with E-state index in [2.05, 4.69) is 4.72 Å². The Kier molecular flexibility index (Phi) is 5.42. The number of nitrogens with zero attached hydrogens (tertiary/aromatic N) is 1. The second-order valence-corrected chi connectivity index (χ2v) is 9.07. The fourth-order valence-electron chi connectivity index (χ4n) is 3.69. The number of hydrogen-bond acceptors (Lipinski definition) is 5. The zero-order valence-electron chi connectivity index (χ0n) is 15.9. The van der Waals surface area contributed by atoms with E-state index in [1.807, 2.05) is 6.07 Å². The number of carbonyl (C=O) groups excluding carboxylic acids is 1. The first-order valence-electron chi connectivity index (χ1n) is 9.31. The van der Waals surface area contributed by atoms with Crippen molar-refractivity contribution in [2.24, 2.45) is 0 Å². The summed E-state index contributed by atoms with van der Waals surface area (Å²) in [6.45, 7) is 1.16. The molecule has 0 unspecified atom stereocenters. The molecule has 2 aromatic carbocycles. The lowest BCUT2D eigenvalue weighted by molar-refractivity contribution is -0.127. The topological polar surface area (TPSA) is 84.9 Å². The molecule has 0 radical (unpaired) electrons. The van der Waals surface area contributed by atoms with E-state index in [4.69, 9.17) is 21.1 Å². The highest BCUT2D eigenvalue weighted by atomic mass is 35.5. The van der Waals surface area contributed by atoms with Crippen molar-refractivity contribution in [3.8, 4) is 5.75 Å². The first-order chi connectivity index (χ1) is 13.9. The van der Waals surface area contributed by atoms with E-state index in [9.17, 15) is 13.2 Å². The number of hydrogen-bond donors (Lipinski definition) is 1. The quantitative estimate of drug-likeness (QED) is 0.777. The van der Waals surface area contributed by atoms with Gasteiger partial charge in [0.15, 0.2) is 0 Å². The predicted octanol–water partition coefficient (Wildman–Crippen LogP) is 3.22. The molecule has 0 aliphatic carbocycles. The van der Waals surface area contributed by atoms with Crippen LogP contribution in [0.5, 0.6) is 5.75 Å². The van der Waals surface area contributed by atoms with Gasteiger partial charge in [0, 0.05) is 23.9 Å². The molecule has 1 saturated heterocycles. The van der Waals surface area contributed by atoms with Crippen LogP contribution in [0.4, 0.5) is 11.4 Å². The molecule has 2 aliphatic heterocycles. The number of benzene rings is 2. The van der Waals surface area contributed by atoms with Crippen molar-refractivity contribution < 1.29 is 22.7 Å². The minimum Gasteiger partial charge on any atom is -0.495 e. The number of rotatable bonds is 5. The molecule has 2 aliphatic rings. The summed E-state index contributed by atoms with van der Waals surface area (Å²) in [4.78, 5) is 14.4. The van der Waals surface area contributed by atoms with Crippen LogP contribution in [-0.4, -0.2) is 40.7 Å². The summed E-state index contributed by atoms with van der Waals surface area (Å²) in [6.07, 6.45) is 1.89. The number of fused-ring (bicyclic) bond motifs is 1. The van der Waals surface area contributed by atoms with Crippen molar-refractivity contribution >= 4 is 38.9 Å². The van der Waals surface area contributed by atoms with Crippen molar-refractivity contribution in [3.05, 3.63) is 47.0 Å². The zero-order chi connectivity index (χ0) is 20.6. The molecule has 1 fully saturated rings. The summed E-state index contributed by atoms with van der Waals surface area (Å²) >= 11 is 5.97. The maximum atomic E-state index is 12.9. The summed E-state index contributed by atoms with van der Waals surface area (Å²) in [5.74, 6) is 0.121. The molecule has 2 aromatic rings. The number of amides is 1. The lowest BCUT2D eigenvalue weighted by Crippen LogP contribution is -2.37. The van der Waals surface area contributed by atoms with Gasteiger partial charge in [0.1, 0.15) is 16.7 Å². The van der Waals surface area contributed by atoms with Gasteiger partial charge in [-0.3, -0.25) is 9.52 Å². The van der Waals surface area contributed by atoms with Gasteiger partial charge in [-0.05, 0) is 55.2 Å². The Morgan fingerprint density at radius 3 is 2.83 bits per heavy atom. The molecule has 1 N–H and O–H groups in total. The Morgan fingerprint density at radius 1 is 1.28 bits per heavy atom. The second-order valence-electron chi connectivity index (χ2n) is 6.99. The lowest BCUT2D eigenvalue weighted by atomic mass is 10.1. The van der Waals surface area contributed by atoms with Gasteiger partial charge in [-0.25, -0.2) is 8.42 Å². The number of methoxy groups -OCH3 is 1. The van der Waals surface area contributed by atoms with Crippen LogP contribution < -0.4 is 14.4 Å². The first-order valence-corrected chi connectivity index (χ1v) is 11.2. The molecular weight excluding hydrogens is 416 g/mol. The van der Waals surface area contributed by atoms with E-state index in [0.717, 1.165) is 18.4 Å².